The van der Waals surface area contributed by atoms with Gasteiger partial charge in [0.2, 0.25) is 11.8 Å². The van der Waals surface area contributed by atoms with Gasteiger partial charge >= 0.3 is 0 Å². The molecule has 3 rings (SSSR count). The number of carbonyl (C=O) groups excluding carboxylic acids is 2. The maximum absolute atomic E-state index is 14.0. The molecule has 0 aliphatic heterocycles. The lowest BCUT2D eigenvalue weighted by Crippen LogP contribution is -2.52. The number of anilines is 1. The normalized spacial score (nSPS) is 12.0. The summed E-state index contributed by atoms with van der Waals surface area (Å²) >= 11 is 14.5. The predicted molar refractivity (Wildman–Crippen MR) is 169 cm³/mol. The van der Waals surface area contributed by atoms with Gasteiger partial charge in [-0.15, -0.1) is 0 Å². The Morgan fingerprint density at radius 2 is 1.62 bits per heavy atom. The molecule has 0 saturated carbocycles. The van der Waals surface area contributed by atoms with Crippen LogP contribution in [0.3, 0.4) is 0 Å². The Bertz CT molecular complexity index is 1410. The first kappa shape index (κ1) is 32.2. The second-order valence-corrected chi connectivity index (χ2v) is 13.1. The highest BCUT2D eigenvalue weighted by Gasteiger charge is 2.33. The zero-order chi connectivity index (χ0) is 29.3. The van der Waals surface area contributed by atoms with Crippen molar-refractivity contribution in [2.45, 2.75) is 50.6 Å². The zero-order valence-corrected chi connectivity index (χ0v) is 26.8. The van der Waals surface area contributed by atoms with Crippen LogP contribution in [-0.4, -0.2) is 44.3 Å². The maximum atomic E-state index is 14.0. The van der Waals surface area contributed by atoms with Crippen LogP contribution in [0.1, 0.15) is 38.7 Å². The molecule has 0 radical (unpaired) electrons. The molecule has 1 atom stereocenters. The number of hydrogen-bond donors (Lipinski definition) is 1. The number of halogens is 3. The van der Waals surface area contributed by atoms with Crippen molar-refractivity contribution in [3.05, 3.63) is 92.0 Å². The van der Waals surface area contributed by atoms with Crippen molar-refractivity contribution in [1.29, 1.82) is 0 Å². The fourth-order valence-electron chi connectivity index (χ4n) is 4.12. The number of amides is 2. The summed E-state index contributed by atoms with van der Waals surface area (Å²) in [7, 11) is -4.11. The van der Waals surface area contributed by atoms with Gasteiger partial charge in [0.1, 0.15) is 12.6 Å². The summed E-state index contributed by atoms with van der Waals surface area (Å²) in [5, 5.41) is 3.60. The molecule has 3 aromatic carbocycles. The van der Waals surface area contributed by atoms with E-state index in [9.17, 15) is 18.0 Å². The van der Waals surface area contributed by atoms with Crippen LogP contribution in [0, 0.1) is 3.57 Å². The van der Waals surface area contributed by atoms with Gasteiger partial charge in [-0.1, -0.05) is 67.7 Å². The quantitative estimate of drug-likeness (QED) is 0.161. The van der Waals surface area contributed by atoms with Crippen molar-refractivity contribution in [3.63, 3.8) is 0 Å². The van der Waals surface area contributed by atoms with Crippen molar-refractivity contribution in [2.24, 2.45) is 0 Å². The molecule has 0 aliphatic rings. The summed E-state index contributed by atoms with van der Waals surface area (Å²) in [4.78, 5) is 28.8. The Labute approximate surface area is 260 Å². The van der Waals surface area contributed by atoms with E-state index >= 15 is 0 Å². The van der Waals surface area contributed by atoms with Crippen LogP contribution in [-0.2, 0) is 26.2 Å². The highest BCUT2D eigenvalue weighted by atomic mass is 127. The maximum Gasteiger partial charge on any atom is 0.264 e. The third kappa shape index (κ3) is 8.34. The first-order valence-corrected chi connectivity index (χ1v) is 16.2. The summed E-state index contributed by atoms with van der Waals surface area (Å²) in [5.74, 6) is -0.822. The van der Waals surface area contributed by atoms with Gasteiger partial charge < -0.3 is 10.2 Å². The molecular formula is C29H32Cl2IN3O4S. The van der Waals surface area contributed by atoms with Crippen molar-refractivity contribution < 1.29 is 18.0 Å². The van der Waals surface area contributed by atoms with E-state index in [2.05, 4.69) is 27.9 Å². The largest absolute Gasteiger partial charge is 0.354 e. The summed E-state index contributed by atoms with van der Waals surface area (Å²) in [5.41, 5.74) is 1.00. The van der Waals surface area contributed by atoms with E-state index in [1.54, 1.807) is 60.7 Å². The van der Waals surface area contributed by atoms with Crippen LogP contribution in [0.2, 0.25) is 10.0 Å². The lowest BCUT2D eigenvalue weighted by atomic mass is 10.1. The highest BCUT2D eigenvalue weighted by Crippen LogP contribution is 2.27. The molecule has 0 aromatic heterocycles. The topological polar surface area (TPSA) is 86.8 Å². The predicted octanol–water partition coefficient (Wildman–Crippen LogP) is 6.52. The number of carbonyl (C=O) groups is 2. The lowest BCUT2D eigenvalue weighted by Gasteiger charge is -2.33. The Morgan fingerprint density at radius 1 is 0.950 bits per heavy atom. The molecule has 0 unspecified atom stereocenters. The molecule has 214 valence electrons. The van der Waals surface area contributed by atoms with Crippen LogP contribution in [0.25, 0.3) is 0 Å². The third-order valence-corrected chi connectivity index (χ3v) is 9.52. The molecule has 0 fully saturated rings. The summed E-state index contributed by atoms with van der Waals surface area (Å²) < 4.78 is 29.6. The molecule has 0 spiro atoms. The van der Waals surface area contributed by atoms with Crippen LogP contribution in [0.4, 0.5) is 5.69 Å². The minimum atomic E-state index is -4.11. The average Bonchev–Trinajstić information content (AvgIpc) is 2.94. The van der Waals surface area contributed by atoms with Gasteiger partial charge in [0.15, 0.2) is 0 Å². The average molecular weight is 716 g/mol. The van der Waals surface area contributed by atoms with E-state index in [-0.39, 0.29) is 17.3 Å². The van der Waals surface area contributed by atoms with E-state index in [0.717, 1.165) is 20.7 Å². The van der Waals surface area contributed by atoms with Gasteiger partial charge in [-0.2, -0.15) is 0 Å². The molecule has 0 bridgehead atoms. The van der Waals surface area contributed by atoms with Gasteiger partial charge in [0, 0.05) is 16.7 Å². The molecule has 0 heterocycles. The second-order valence-electron chi connectivity index (χ2n) is 9.14. The summed E-state index contributed by atoms with van der Waals surface area (Å²) in [6.07, 6.45) is 2.05. The van der Waals surface area contributed by atoms with Gasteiger partial charge in [-0.05, 0) is 89.5 Å². The van der Waals surface area contributed by atoms with Crippen molar-refractivity contribution in [1.82, 2.24) is 10.2 Å². The minimum absolute atomic E-state index is 0.0430. The first-order valence-electron chi connectivity index (χ1n) is 12.9. The molecule has 0 saturated heterocycles. The number of benzene rings is 3. The SMILES string of the molecule is CCCCNC(=O)[C@H](CC)N(Cc1ccc(Cl)c(Cl)c1)C(=O)CN(c1ccc(I)cc1)S(=O)(=O)c1ccccc1. The highest BCUT2D eigenvalue weighted by molar-refractivity contribution is 14.1. The van der Waals surface area contributed by atoms with Gasteiger partial charge in [-0.25, -0.2) is 8.42 Å². The molecule has 1 N–H and O–H groups in total. The minimum Gasteiger partial charge on any atom is -0.354 e. The van der Waals surface area contributed by atoms with E-state index in [1.165, 1.54) is 17.0 Å². The molecule has 40 heavy (non-hydrogen) atoms. The van der Waals surface area contributed by atoms with E-state index < -0.39 is 28.5 Å². The Balaban J connectivity index is 2.03. The Hall–Kier alpha value is -2.34. The van der Waals surface area contributed by atoms with Gasteiger partial charge in [0.05, 0.1) is 20.6 Å². The number of nitrogens with one attached hydrogen (secondary N) is 1. The second kappa shape index (κ2) is 15.0. The van der Waals surface area contributed by atoms with Crippen LogP contribution < -0.4 is 9.62 Å². The fourth-order valence-corrected chi connectivity index (χ4v) is 6.23. The van der Waals surface area contributed by atoms with E-state index in [0.29, 0.717) is 34.3 Å². The van der Waals surface area contributed by atoms with Crippen molar-refractivity contribution in [3.8, 4) is 0 Å². The molecule has 7 nitrogen and oxygen atoms in total. The summed E-state index contributed by atoms with van der Waals surface area (Å²) in [6, 6.07) is 19.0. The molecule has 2 amide bonds. The van der Waals surface area contributed by atoms with Gasteiger partial charge in [0.25, 0.3) is 10.0 Å². The third-order valence-electron chi connectivity index (χ3n) is 6.28. The van der Waals surface area contributed by atoms with Crippen molar-refractivity contribution >= 4 is 73.3 Å². The number of sulfonamides is 1. The number of unbranched alkanes of at least 4 members (excludes halogenated alkanes) is 1. The van der Waals surface area contributed by atoms with Crippen LogP contribution in [0.15, 0.2) is 77.7 Å². The van der Waals surface area contributed by atoms with Crippen LogP contribution in [0.5, 0.6) is 0 Å². The first-order chi connectivity index (χ1) is 19.1. The van der Waals surface area contributed by atoms with E-state index in [4.69, 9.17) is 23.2 Å². The smallest absolute Gasteiger partial charge is 0.264 e. The van der Waals surface area contributed by atoms with Gasteiger partial charge in [-0.3, -0.25) is 13.9 Å². The van der Waals surface area contributed by atoms with E-state index in [1.807, 2.05) is 13.8 Å². The number of hydrogen-bond acceptors (Lipinski definition) is 4. The molecule has 0 aliphatic carbocycles. The van der Waals surface area contributed by atoms with Crippen LogP contribution >= 0.6 is 45.8 Å². The molecular weight excluding hydrogens is 684 g/mol. The molecule has 3 aromatic rings. The Morgan fingerprint density at radius 3 is 2.23 bits per heavy atom. The zero-order valence-electron chi connectivity index (χ0n) is 22.3. The number of rotatable bonds is 13. The summed E-state index contributed by atoms with van der Waals surface area (Å²) in [6.45, 7) is 3.86. The standard InChI is InChI=1S/C29H32Cl2IN3O4S/c1-3-5-17-33-29(37)27(4-2)34(19-21-11-16-25(30)26(31)18-21)28(36)20-35(23-14-12-22(32)13-15-23)40(38,39)24-9-7-6-8-10-24/h6-16,18,27H,3-5,17,19-20H2,1-2H3,(H,33,37)/t27-/m0/s1. The molecule has 11 heteroatoms. The monoisotopic (exact) mass is 715 g/mol. The lowest BCUT2D eigenvalue weighted by molar-refractivity contribution is -0.140. The Kier molecular flexibility index (Phi) is 12.1. The van der Waals surface area contributed by atoms with Crippen molar-refractivity contribution in [2.75, 3.05) is 17.4 Å². The number of nitrogens with zero attached hydrogens (tertiary/aromatic N) is 2. The fraction of sp³-hybridized carbons (Fsp3) is 0.310.